The normalized spacial score (nSPS) is 12.6. The van der Waals surface area contributed by atoms with E-state index in [1.54, 1.807) is 6.07 Å². The van der Waals surface area contributed by atoms with Crippen molar-refractivity contribution in [1.29, 1.82) is 0 Å². The first-order chi connectivity index (χ1) is 7.63. The molecule has 0 saturated heterocycles. The lowest BCUT2D eigenvalue weighted by molar-refractivity contribution is -0.400. The molecular weight excluding hydrogens is 206 g/mol. The van der Waals surface area contributed by atoms with Crippen LogP contribution in [0.1, 0.15) is 25.8 Å². The highest BCUT2D eigenvalue weighted by Gasteiger charge is 2.04. The van der Waals surface area contributed by atoms with Gasteiger partial charge < -0.3 is 4.74 Å². The number of nitro groups is 1. The minimum atomic E-state index is -0.486. The van der Waals surface area contributed by atoms with E-state index in [2.05, 4.69) is 0 Å². The fraction of sp³-hybridized carbons (Fsp3) is 0.333. The van der Waals surface area contributed by atoms with Crippen LogP contribution in [0.4, 0.5) is 0 Å². The molecule has 0 aliphatic carbocycles. The number of hydrogen-bond donors (Lipinski definition) is 0. The average molecular weight is 221 g/mol. The number of rotatable bonds is 5. The monoisotopic (exact) mass is 221 g/mol. The largest absolute Gasteiger partial charge is 0.490 e. The predicted octanol–water partition coefficient (Wildman–Crippen LogP) is 3.11. The maximum Gasteiger partial charge on any atom is 0.235 e. The Morgan fingerprint density at radius 2 is 2.19 bits per heavy atom. The highest BCUT2D eigenvalue weighted by atomic mass is 16.6. The summed E-state index contributed by atoms with van der Waals surface area (Å²) in [5.41, 5.74) is 0.722. The second kappa shape index (κ2) is 5.90. The fourth-order valence-corrected chi connectivity index (χ4v) is 1.17. The molecule has 0 aromatic heterocycles. The molecule has 0 spiro atoms. The Balaban J connectivity index is 2.87. The van der Waals surface area contributed by atoms with Crippen LogP contribution in [0.2, 0.25) is 0 Å². The lowest BCUT2D eigenvalue weighted by Gasteiger charge is -2.14. The summed E-state index contributed by atoms with van der Waals surface area (Å²) in [7, 11) is 0. The molecule has 0 aliphatic heterocycles. The summed E-state index contributed by atoms with van der Waals surface area (Å²) in [5.74, 6) is 0.676. The third-order valence-corrected chi connectivity index (χ3v) is 2.20. The zero-order valence-corrected chi connectivity index (χ0v) is 9.42. The van der Waals surface area contributed by atoms with Crippen LogP contribution in [0.15, 0.2) is 30.5 Å². The number of hydrogen-bond acceptors (Lipinski definition) is 3. The van der Waals surface area contributed by atoms with Crippen LogP contribution in [0.5, 0.6) is 5.75 Å². The lowest BCUT2D eigenvalue weighted by Crippen LogP contribution is -2.10. The molecule has 1 aromatic carbocycles. The molecule has 1 aromatic rings. The van der Waals surface area contributed by atoms with Gasteiger partial charge >= 0.3 is 0 Å². The molecule has 0 saturated carbocycles. The highest BCUT2D eigenvalue weighted by Crippen LogP contribution is 2.21. The van der Waals surface area contributed by atoms with Crippen molar-refractivity contribution in [2.24, 2.45) is 0 Å². The van der Waals surface area contributed by atoms with E-state index < -0.39 is 4.92 Å². The van der Waals surface area contributed by atoms with Gasteiger partial charge in [0.25, 0.3) is 0 Å². The predicted molar refractivity (Wildman–Crippen MR) is 62.9 cm³/mol. The SMILES string of the molecule is CC[C@H](C)Oc1ccccc1/C=C/[N+](=O)[O-]. The zero-order chi connectivity index (χ0) is 12.0. The molecular formula is C12H15NO3. The first-order valence-electron chi connectivity index (χ1n) is 5.21. The Kier molecular flexibility index (Phi) is 4.51. The molecule has 4 nitrogen and oxygen atoms in total. The topological polar surface area (TPSA) is 52.4 Å². The van der Waals surface area contributed by atoms with Crippen LogP contribution in [-0.2, 0) is 0 Å². The van der Waals surface area contributed by atoms with Crippen molar-refractivity contribution in [3.05, 3.63) is 46.1 Å². The van der Waals surface area contributed by atoms with Crippen LogP contribution in [-0.4, -0.2) is 11.0 Å². The van der Waals surface area contributed by atoms with E-state index in [1.807, 2.05) is 32.0 Å². The first kappa shape index (κ1) is 12.2. The van der Waals surface area contributed by atoms with E-state index in [-0.39, 0.29) is 6.10 Å². The van der Waals surface area contributed by atoms with Crippen molar-refractivity contribution in [3.63, 3.8) is 0 Å². The second-order valence-corrected chi connectivity index (χ2v) is 3.48. The summed E-state index contributed by atoms with van der Waals surface area (Å²) >= 11 is 0. The molecule has 1 rings (SSSR count). The lowest BCUT2D eigenvalue weighted by atomic mass is 10.2. The Hall–Kier alpha value is -1.84. The van der Waals surface area contributed by atoms with Crippen molar-refractivity contribution >= 4 is 6.08 Å². The van der Waals surface area contributed by atoms with Gasteiger partial charge in [-0.05, 0) is 19.4 Å². The van der Waals surface area contributed by atoms with Gasteiger partial charge in [0.15, 0.2) is 0 Å². The van der Waals surface area contributed by atoms with Crippen molar-refractivity contribution in [1.82, 2.24) is 0 Å². The van der Waals surface area contributed by atoms with E-state index in [4.69, 9.17) is 4.74 Å². The van der Waals surface area contributed by atoms with E-state index >= 15 is 0 Å². The van der Waals surface area contributed by atoms with Gasteiger partial charge in [0.1, 0.15) is 5.75 Å². The Morgan fingerprint density at radius 3 is 2.81 bits per heavy atom. The number of para-hydroxylation sites is 1. The molecule has 4 heteroatoms. The van der Waals surface area contributed by atoms with Gasteiger partial charge in [-0.15, -0.1) is 0 Å². The van der Waals surface area contributed by atoms with Gasteiger partial charge in [-0.3, -0.25) is 10.1 Å². The van der Waals surface area contributed by atoms with Crippen molar-refractivity contribution in [2.75, 3.05) is 0 Å². The zero-order valence-electron chi connectivity index (χ0n) is 9.42. The molecule has 0 amide bonds. The third-order valence-electron chi connectivity index (χ3n) is 2.20. The summed E-state index contributed by atoms with van der Waals surface area (Å²) in [6.45, 7) is 3.99. The summed E-state index contributed by atoms with van der Waals surface area (Å²) in [6, 6.07) is 7.27. The molecule has 16 heavy (non-hydrogen) atoms. The molecule has 0 aliphatic rings. The summed E-state index contributed by atoms with van der Waals surface area (Å²) < 4.78 is 5.65. The van der Waals surface area contributed by atoms with Gasteiger partial charge in [0.05, 0.1) is 11.0 Å². The highest BCUT2D eigenvalue weighted by molar-refractivity contribution is 5.56. The van der Waals surface area contributed by atoms with Gasteiger partial charge in [0.2, 0.25) is 6.20 Å². The Bertz CT molecular complexity index is 388. The van der Waals surface area contributed by atoms with Gasteiger partial charge in [0, 0.05) is 11.6 Å². The fourth-order valence-electron chi connectivity index (χ4n) is 1.17. The molecule has 0 N–H and O–H groups in total. The standard InChI is InChI=1S/C12H15NO3/c1-3-10(2)16-12-7-5-4-6-11(12)8-9-13(14)15/h4-10H,3H2,1-2H3/b9-8+/t10-/m0/s1. The number of benzene rings is 1. The van der Waals surface area contributed by atoms with E-state index in [0.717, 1.165) is 18.2 Å². The average Bonchev–Trinajstić information content (AvgIpc) is 2.27. The summed E-state index contributed by atoms with van der Waals surface area (Å²) in [5, 5.41) is 10.2. The molecule has 1 atom stereocenters. The van der Waals surface area contributed by atoms with Crippen LogP contribution in [0.3, 0.4) is 0 Å². The Labute approximate surface area is 94.7 Å². The maximum atomic E-state index is 10.2. The molecule has 0 heterocycles. The number of nitrogens with zero attached hydrogens (tertiary/aromatic N) is 1. The smallest absolute Gasteiger partial charge is 0.235 e. The minimum Gasteiger partial charge on any atom is -0.490 e. The quantitative estimate of drug-likeness (QED) is 0.567. The number of ether oxygens (including phenoxy) is 1. The van der Waals surface area contributed by atoms with Gasteiger partial charge in [-0.25, -0.2) is 0 Å². The van der Waals surface area contributed by atoms with Crippen LogP contribution in [0, 0.1) is 10.1 Å². The Morgan fingerprint density at radius 1 is 1.50 bits per heavy atom. The van der Waals surface area contributed by atoms with Crippen LogP contribution < -0.4 is 4.74 Å². The van der Waals surface area contributed by atoms with Crippen molar-refractivity contribution in [3.8, 4) is 5.75 Å². The van der Waals surface area contributed by atoms with Crippen molar-refractivity contribution in [2.45, 2.75) is 26.4 Å². The van der Waals surface area contributed by atoms with Crippen LogP contribution >= 0.6 is 0 Å². The van der Waals surface area contributed by atoms with E-state index in [1.165, 1.54) is 6.08 Å². The van der Waals surface area contributed by atoms with Gasteiger partial charge in [-0.1, -0.05) is 25.1 Å². The molecule has 0 fully saturated rings. The minimum absolute atomic E-state index is 0.102. The van der Waals surface area contributed by atoms with E-state index in [0.29, 0.717) is 5.75 Å². The summed E-state index contributed by atoms with van der Waals surface area (Å²) in [6.07, 6.45) is 3.36. The van der Waals surface area contributed by atoms with E-state index in [9.17, 15) is 10.1 Å². The summed E-state index contributed by atoms with van der Waals surface area (Å²) in [4.78, 5) is 9.75. The van der Waals surface area contributed by atoms with Crippen LogP contribution in [0.25, 0.3) is 6.08 Å². The molecule has 0 bridgehead atoms. The maximum absolute atomic E-state index is 10.2. The second-order valence-electron chi connectivity index (χ2n) is 3.48. The van der Waals surface area contributed by atoms with Gasteiger partial charge in [-0.2, -0.15) is 0 Å². The first-order valence-corrected chi connectivity index (χ1v) is 5.21. The molecule has 0 unspecified atom stereocenters. The molecule has 86 valence electrons. The molecule has 0 radical (unpaired) electrons. The third kappa shape index (κ3) is 3.73. The van der Waals surface area contributed by atoms with Crippen molar-refractivity contribution < 1.29 is 9.66 Å².